The number of nitrogens with zero attached hydrogens (tertiary/aromatic N) is 1. The molecule has 0 saturated heterocycles. The van der Waals surface area contributed by atoms with Gasteiger partial charge in [-0.3, -0.25) is 9.78 Å². The fraction of sp³-hybridized carbons (Fsp3) is 0.455. The highest BCUT2D eigenvalue weighted by molar-refractivity contribution is 5.90. The normalized spacial score (nSPS) is 18.4. The van der Waals surface area contributed by atoms with Gasteiger partial charge in [0.15, 0.2) is 0 Å². The zero-order valence-corrected chi connectivity index (χ0v) is 9.10. The molecule has 5 heteroatoms. The summed E-state index contributed by atoms with van der Waals surface area (Å²) in [5.41, 5.74) is 7.49. The summed E-state index contributed by atoms with van der Waals surface area (Å²) in [5.74, 6) is -0.514. The maximum Gasteiger partial charge on any atom is 0.267 e. The molecule has 1 amide bonds. The molecule has 5 nitrogen and oxygen atoms in total. The van der Waals surface area contributed by atoms with E-state index in [9.17, 15) is 4.79 Å². The van der Waals surface area contributed by atoms with Crippen molar-refractivity contribution in [1.29, 1.82) is 0 Å². The first-order chi connectivity index (χ1) is 7.72. The van der Waals surface area contributed by atoms with Gasteiger partial charge in [0, 0.05) is 31.9 Å². The molecule has 86 valence electrons. The van der Waals surface area contributed by atoms with Crippen molar-refractivity contribution in [3.63, 3.8) is 0 Å². The van der Waals surface area contributed by atoms with Crippen molar-refractivity contribution in [3.8, 4) is 0 Å². The number of hydrogen-bond acceptors (Lipinski definition) is 4. The van der Waals surface area contributed by atoms with E-state index in [-0.39, 0.29) is 11.8 Å². The molecule has 1 aliphatic heterocycles. The number of amides is 1. The maximum absolute atomic E-state index is 11.0. The van der Waals surface area contributed by atoms with Gasteiger partial charge in [-0.2, -0.15) is 0 Å². The first kappa shape index (κ1) is 11.0. The molecular weight excluding hydrogens is 208 g/mol. The summed E-state index contributed by atoms with van der Waals surface area (Å²) in [7, 11) is 1.65. The Labute approximate surface area is 93.6 Å². The van der Waals surface area contributed by atoms with Crippen molar-refractivity contribution < 1.29 is 14.3 Å². The van der Waals surface area contributed by atoms with Crippen molar-refractivity contribution in [1.82, 2.24) is 4.98 Å². The molecule has 0 saturated carbocycles. The summed E-state index contributed by atoms with van der Waals surface area (Å²) in [5, 5.41) is 0. The molecule has 0 aliphatic carbocycles. The summed E-state index contributed by atoms with van der Waals surface area (Å²) < 4.78 is 10.6. The number of methoxy groups -OCH3 is 1. The molecule has 1 aliphatic rings. The molecule has 0 spiro atoms. The highest BCUT2D eigenvalue weighted by Crippen LogP contribution is 2.32. The van der Waals surface area contributed by atoms with E-state index in [1.807, 2.05) is 0 Å². The van der Waals surface area contributed by atoms with Crippen molar-refractivity contribution in [3.05, 3.63) is 29.1 Å². The Bertz CT molecular complexity index is 406. The lowest BCUT2D eigenvalue weighted by Crippen LogP contribution is -2.14. The minimum Gasteiger partial charge on any atom is -0.385 e. The third-order valence-corrected chi connectivity index (χ3v) is 2.65. The van der Waals surface area contributed by atoms with E-state index in [2.05, 4.69) is 4.98 Å². The Morgan fingerprint density at radius 1 is 1.75 bits per heavy atom. The van der Waals surface area contributed by atoms with Crippen LogP contribution in [0.25, 0.3) is 0 Å². The second-order valence-electron chi connectivity index (χ2n) is 3.71. The third kappa shape index (κ3) is 2.05. The number of fused-ring (bicyclic) bond motifs is 1. The van der Waals surface area contributed by atoms with Crippen LogP contribution in [-0.2, 0) is 16.1 Å². The minimum atomic E-state index is -0.514. The summed E-state index contributed by atoms with van der Waals surface area (Å²) >= 11 is 0. The first-order valence-electron chi connectivity index (χ1n) is 5.11. The predicted octanol–water partition coefficient (Wildman–Crippen LogP) is 0.788. The van der Waals surface area contributed by atoms with Crippen LogP contribution in [0, 0.1) is 0 Å². The average molecular weight is 222 g/mol. The van der Waals surface area contributed by atoms with E-state index in [1.165, 1.54) is 0 Å². The van der Waals surface area contributed by atoms with Gasteiger partial charge in [0.05, 0.1) is 12.7 Å². The van der Waals surface area contributed by atoms with Gasteiger partial charge in [-0.1, -0.05) is 0 Å². The van der Waals surface area contributed by atoms with Crippen LogP contribution in [0.5, 0.6) is 0 Å². The standard InChI is InChI=1S/C11H14N2O3/c1-15-3-2-10-8-4-9(11(12)14)13-5-7(8)6-16-10/h4-5,10H,2-3,6H2,1H3,(H2,12,14). The number of rotatable bonds is 4. The quantitative estimate of drug-likeness (QED) is 0.817. The Hall–Kier alpha value is -1.46. The smallest absolute Gasteiger partial charge is 0.267 e. The predicted molar refractivity (Wildman–Crippen MR) is 56.8 cm³/mol. The van der Waals surface area contributed by atoms with Crippen LogP contribution in [0.15, 0.2) is 12.3 Å². The van der Waals surface area contributed by atoms with Crippen LogP contribution < -0.4 is 5.73 Å². The second-order valence-corrected chi connectivity index (χ2v) is 3.71. The van der Waals surface area contributed by atoms with Gasteiger partial charge in [0.25, 0.3) is 5.91 Å². The van der Waals surface area contributed by atoms with Crippen LogP contribution in [0.3, 0.4) is 0 Å². The number of ether oxygens (including phenoxy) is 2. The molecular formula is C11H14N2O3. The van der Waals surface area contributed by atoms with E-state index >= 15 is 0 Å². The van der Waals surface area contributed by atoms with Crippen LogP contribution in [-0.4, -0.2) is 24.6 Å². The molecule has 0 radical (unpaired) electrons. The Morgan fingerprint density at radius 2 is 2.56 bits per heavy atom. The second kappa shape index (κ2) is 4.59. The van der Waals surface area contributed by atoms with E-state index in [4.69, 9.17) is 15.2 Å². The Morgan fingerprint density at radius 3 is 3.25 bits per heavy atom. The topological polar surface area (TPSA) is 74.4 Å². The Kier molecular flexibility index (Phi) is 3.17. The molecule has 2 heterocycles. The highest BCUT2D eigenvalue weighted by Gasteiger charge is 2.24. The fourth-order valence-electron chi connectivity index (χ4n) is 1.80. The first-order valence-corrected chi connectivity index (χ1v) is 5.11. The van der Waals surface area contributed by atoms with Gasteiger partial charge < -0.3 is 15.2 Å². The number of primary amides is 1. The van der Waals surface area contributed by atoms with E-state index < -0.39 is 5.91 Å². The zero-order chi connectivity index (χ0) is 11.5. The van der Waals surface area contributed by atoms with Crippen LogP contribution >= 0.6 is 0 Å². The van der Waals surface area contributed by atoms with Crippen LogP contribution in [0.4, 0.5) is 0 Å². The lowest BCUT2D eigenvalue weighted by atomic mass is 10.0. The molecule has 16 heavy (non-hydrogen) atoms. The van der Waals surface area contributed by atoms with E-state index in [1.54, 1.807) is 19.4 Å². The molecule has 2 rings (SSSR count). The van der Waals surface area contributed by atoms with Crippen molar-refractivity contribution in [2.24, 2.45) is 5.73 Å². The molecule has 1 atom stereocenters. The zero-order valence-electron chi connectivity index (χ0n) is 9.10. The lowest BCUT2D eigenvalue weighted by molar-refractivity contribution is 0.0398. The number of nitrogens with two attached hydrogens (primary N) is 1. The van der Waals surface area contributed by atoms with Gasteiger partial charge in [-0.25, -0.2) is 0 Å². The maximum atomic E-state index is 11.0. The SMILES string of the molecule is COCCC1OCc2cnc(C(N)=O)cc21. The fourth-order valence-corrected chi connectivity index (χ4v) is 1.80. The summed E-state index contributed by atoms with van der Waals surface area (Å²) in [6.07, 6.45) is 2.41. The molecule has 0 bridgehead atoms. The molecule has 0 aromatic carbocycles. The summed E-state index contributed by atoms with van der Waals surface area (Å²) in [6.45, 7) is 1.16. The minimum absolute atomic E-state index is 0.0175. The van der Waals surface area contributed by atoms with Gasteiger partial charge in [0.2, 0.25) is 0 Å². The van der Waals surface area contributed by atoms with Gasteiger partial charge in [0.1, 0.15) is 5.69 Å². The number of carbonyl (C=O) groups excluding carboxylic acids is 1. The number of aromatic nitrogens is 1. The molecule has 1 unspecified atom stereocenters. The summed E-state index contributed by atoms with van der Waals surface area (Å²) in [4.78, 5) is 15.0. The number of pyridine rings is 1. The molecule has 1 aromatic heterocycles. The monoisotopic (exact) mass is 222 g/mol. The number of carbonyl (C=O) groups is 1. The van der Waals surface area contributed by atoms with Gasteiger partial charge in [-0.05, 0) is 11.6 Å². The molecule has 1 aromatic rings. The lowest BCUT2D eigenvalue weighted by Gasteiger charge is -2.10. The number of hydrogen-bond donors (Lipinski definition) is 1. The largest absolute Gasteiger partial charge is 0.385 e. The highest BCUT2D eigenvalue weighted by atomic mass is 16.5. The summed E-state index contributed by atoms with van der Waals surface area (Å²) in [6, 6.07) is 1.71. The molecule has 0 fully saturated rings. The van der Waals surface area contributed by atoms with E-state index in [0.717, 1.165) is 17.5 Å². The average Bonchev–Trinajstić information content (AvgIpc) is 2.68. The van der Waals surface area contributed by atoms with Crippen LogP contribution in [0.2, 0.25) is 0 Å². The third-order valence-electron chi connectivity index (χ3n) is 2.65. The Balaban J connectivity index is 2.22. The van der Waals surface area contributed by atoms with Crippen molar-refractivity contribution in [2.75, 3.05) is 13.7 Å². The van der Waals surface area contributed by atoms with Crippen LogP contribution in [0.1, 0.15) is 34.1 Å². The van der Waals surface area contributed by atoms with Crippen molar-refractivity contribution in [2.45, 2.75) is 19.1 Å². The van der Waals surface area contributed by atoms with E-state index in [0.29, 0.717) is 13.2 Å². The van der Waals surface area contributed by atoms with Gasteiger partial charge >= 0.3 is 0 Å². The van der Waals surface area contributed by atoms with Gasteiger partial charge in [-0.15, -0.1) is 0 Å². The van der Waals surface area contributed by atoms with Crippen molar-refractivity contribution >= 4 is 5.91 Å². The molecule has 2 N–H and O–H groups in total.